The molecule has 106 valence electrons. The lowest BCUT2D eigenvalue weighted by atomic mass is 10.4. The number of anilines is 1. The molecule has 1 heterocycles. The SMILES string of the molecule is CC(C)Oc1cccnc1NCCNC(=O)N(C)C. The molecule has 0 atom stereocenters. The van der Waals surface area contributed by atoms with E-state index in [2.05, 4.69) is 15.6 Å². The summed E-state index contributed by atoms with van der Waals surface area (Å²) >= 11 is 0. The van der Waals surface area contributed by atoms with Crippen molar-refractivity contribution in [2.24, 2.45) is 0 Å². The Bertz CT molecular complexity index is 407. The van der Waals surface area contributed by atoms with E-state index in [1.807, 2.05) is 26.0 Å². The molecule has 0 unspecified atom stereocenters. The molecular formula is C13H22N4O2. The summed E-state index contributed by atoms with van der Waals surface area (Å²) in [4.78, 5) is 17.0. The van der Waals surface area contributed by atoms with Crippen LogP contribution in [0.5, 0.6) is 5.75 Å². The number of hydrogen-bond donors (Lipinski definition) is 2. The third kappa shape index (κ3) is 5.46. The molecule has 6 nitrogen and oxygen atoms in total. The quantitative estimate of drug-likeness (QED) is 0.767. The maximum atomic E-state index is 11.3. The van der Waals surface area contributed by atoms with Gasteiger partial charge < -0.3 is 20.3 Å². The van der Waals surface area contributed by atoms with Gasteiger partial charge in [-0.25, -0.2) is 9.78 Å². The number of amides is 2. The summed E-state index contributed by atoms with van der Waals surface area (Å²) in [6.07, 6.45) is 1.80. The summed E-state index contributed by atoms with van der Waals surface area (Å²) in [5.41, 5.74) is 0. The fourth-order valence-corrected chi connectivity index (χ4v) is 1.38. The first-order valence-electron chi connectivity index (χ1n) is 6.31. The Labute approximate surface area is 114 Å². The predicted octanol–water partition coefficient (Wildman–Crippen LogP) is 1.55. The molecule has 0 aliphatic carbocycles. The highest BCUT2D eigenvalue weighted by Gasteiger charge is 2.06. The molecule has 1 aromatic rings. The van der Waals surface area contributed by atoms with Crippen molar-refractivity contribution in [3.8, 4) is 5.75 Å². The highest BCUT2D eigenvalue weighted by molar-refractivity contribution is 5.73. The van der Waals surface area contributed by atoms with E-state index in [4.69, 9.17) is 4.74 Å². The van der Waals surface area contributed by atoms with Crippen LogP contribution in [0.1, 0.15) is 13.8 Å². The first-order valence-corrected chi connectivity index (χ1v) is 6.31. The summed E-state index contributed by atoms with van der Waals surface area (Å²) in [5.74, 6) is 1.41. The third-order valence-corrected chi connectivity index (χ3v) is 2.23. The van der Waals surface area contributed by atoms with E-state index in [1.165, 1.54) is 4.90 Å². The van der Waals surface area contributed by atoms with Gasteiger partial charge in [0.05, 0.1) is 6.10 Å². The zero-order valence-electron chi connectivity index (χ0n) is 11.9. The van der Waals surface area contributed by atoms with Gasteiger partial charge in [0, 0.05) is 33.4 Å². The van der Waals surface area contributed by atoms with Gasteiger partial charge in [0.1, 0.15) is 0 Å². The van der Waals surface area contributed by atoms with Crippen molar-refractivity contribution in [3.05, 3.63) is 18.3 Å². The zero-order chi connectivity index (χ0) is 14.3. The minimum Gasteiger partial charge on any atom is -0.487 e. The van der Waals surface area contributed by atoms with Crippen LogP contribution in [-0.2, 0) is 0 Å². The van der Waals surface area contributed by atoms with Crippen LogP contribution in [0.3, 0.4) is 0 Å². The van der Waals surface area contributed by atoms with Gasteiger partial charge in [-0.2, -0.15) is 0 Å². The molecular weight excluding hydrogens is 244 g/mol. The number of carbonyl (C=O) groups is 1. The molecule has 19 heavy (non-hydrogen) atoms. The maximum absolute atomic E-state index is 11.3. The van der Waals surface area contributed by atoms with Gasteiger partial charge in [-0.1, -0.05) is 0 Å². The summed E-state index contributed by atoms with van der Waals surface area (Å²) in [7, 11) is 3.41. The van der Waals surface area contributed by atoms with Crippen LogP contribution in [0.15, 0.2) is 18.3 Å². The molecule has 0 fully saturated rings. The lowest BCUT2D eigenvalue weighted by Crippen LogP contribution is -2.37. The molecule has 0 aliphatic rings. The van der Waals surface area contributed by atoms with E-state index in [1.54, 1.807) is 20.3 Å². The lowest BCUT2D eigenvalue weighted by Gasteiger charge is -2.15. The summed E-state index contributed by atoms with van der Waals surface area (Å²) < 4.78 is 5.64. The molecule has 0 radical (unpaired) electrons. The topological polar surface area (TPSA) is 66.5 Å². The van der Waals surface area contributed by atoms with E-state index in [9.17, 15) is 4.79 Å². The Balaban J connectivity index is 2.42. The minimum atomic E-state index is -0.110. The van der Waals surface area contributed by atoms with Crippen molar-refractivity contribution in [2.45, 2.75) is 20.0 Å². The first-order chi connectivity index (χ1) is 9.00. The minimum absolute atomic E-state index is 0.0955. The van der Waals surface area contributed by atoms with E-state index in [-0.39, 0.29) is 12.1 Å². The van der Waals surface area contributed by atoms with Gasteiger partial charge in [-0.15, -0.1) is 0 Å². The van der Waals surface area contributed by atoms with Crippen LogP contribution in [0, 0.1) is 0 Å². The van der Waals surface area contributed by atoms with Crippen LogP contribution < -0.4 is 15.4 Å². The Morgan fingerprint density at radius 2 is 2.16 bits per heavy atom. The fourth-order valence-electron chi connectivity index (χ4n) is 1.38. The summed E-state index contributed by atoms with van der Waals surface area (Å²) in [5, 5.41) is 5.91. The Kier molecular flexibility index (Phi) is 5.92. The van der Waals surface area contributed by atoms with Crippen molar-refractivity contribution < 1.29 is 9.53 Å². The van der Waals surface area contributed by atoms with E-state index in [0.29, 0.717) is 18.9 Å². The number of pyridine rings is 1. The van der Waals surface area contributed by atoms with Crippen LogP contribution in [0.2, 0.25) is 0 Å². The van der Waals surface area contributed by atoms with Crippen LogP contribution in [0.4, 0.5) is 10.6 Å². The number of aromatic nitrogens is 1. The summed E-state index contributed by atoms with van der Waals surface area (Å²) in [6.45, 7) is 5.04. The highest BCUT2D eigenvalue weighted by atomic mass is 16.5. The standard InChI is InChI=1S/C13H22N4O2/c1-10(2)19-11-6-5-7-14-12(11)15-8-9-16-13(18)17(3)4/h5-7,10H,8-9H2,1-4H3,(H,14,15)(H,16,18). The van der Waals surface area contributed by atoms with E-state index < -0.39 is 0 Å². The monoisotopic (exact) mass is 266 g/mol. The van der Waals surface area contributed by atoms with Gasteiger partial charge >= 0.3 is 6.03 Å². The van der Waals surface area contributed by atoms with E-state index >= 15 is 0 Å². The Morgan fingerprint density at radius 3 is 2.79 bits per heavy atom. The second-order valence-electron chi connectivity index (χ2n) is 4.57. The highest BCUT2D eigenvalue weighted by Crippen LogP contribution is 2.21. The van der Waals surface area contributed by atoms with Gasteiger partial charge in [0.25, 0.3) is 0 Å². The van der Waals surface area contributed by atoms with Crippen molar-refractivity contribution in [2.75, 3.05) is 32.5 Å². The normalized spacial score (nSPS) is 10.2. The smallest absolute Gasteiger partial charge is 0.316 e. The first kappa shape index (κ1) is 15.1. The van der Waals surface area contributed by atoms with Gasteiger partial charge in [0.15, 0.2) is 11.6 Å². The van der Waals surface area contributed by atoms with Crippen molar-refractivity contribution >= 4 is 11.8 Å². The molecule has 0 spiro atoms. The molecule has 0 saturated heterocycles. The second kappa shape index (κ2) is 7.45. The van der Waals surface area contributed by atoms with Gasteiger partial charge in [-0.05, 0) is 26.0 Å². The largest absolute Gasteiger partial charge is 0.487 e. The zero-order valence-corrected chi connectivity index (χ0v) is 11.9. The Hall–Kier alpha value is -1.98. The van der Waals surface area contributed by atoms with Crippen molar-refractivity contribution in [1.82, 2.24) is 15.2 Å². The lowest BCUT2D eigenvalue weighted by molar-refractivity contribution is 0.218. The molecule has 0 aromatic carbocycles. The second-order valence-corrected chi connectivity index (χ2v) is 4.57. The average molecular weight is 266 g/mol. The molecule has 0 aliphatic heterocycles. The molecule has 0 saturated carbocycles. The van der Waals surface area contributed by atoms with Crippen LogP contribution in [-0.4, -0.2) is 49.2 Å². The molecule has 1 rings (SSSR count). The molecule has 0 bridgehead atoms. The molecule has 2 amide bonds. The molecule has 2 N–H and O–H groups in total. The third-order valence-electron chi connectivity index (χ3n) is 2.23. The number of nitrogens with zero attached hydrogens (tertiary/aromatic N) is 2. The number of ether oxygens (including phenoxy) is 1. The number of urea groups is 1. The number of carbonyl (C=O) groups excluding carboxylic acids is 1. The Morgan fingerprint density at radius 1 is 1.42 bits per heavy atom. The van der Waals surface area contributed by atoms with Gasteiger partial charge in [-0.3, -0.25) is 0 Å². The van der Waals surface area contributed by atoms with Gasteiger partial charge in [0.2, 0.25) is 0 Å². The molecule has 6 heteroatoms. The van der Waals surface area contributed by atoms with E-state index in [0.717, 1.165) is 5.75 Å². The molecule has 1 aromatic heterocycles. The number of rotatable bonds is 6. The number of hydrogen-bond acceptors (Lipinski definition) is 4. The van der Waals surface area contributed by atoms with Crippen LogP contribution >= 0.6 is 0 Å². The van der Waals surface area contributed by atoms with Crippen molar-refractivity contribution in [1.29, 1.82) is 0 Å². The fraction of sp³-hybridized carbons (Fsp3) is 0.538. The number of nitrogens with one attached hydrogen (secondary N) is 2. The van der Waals surface area contributed by atoms with Crippen LogP contribution in [0.25, 0.3) is 0 Å². The average Bonchev–Trinajstić information content (AvgIpc) is 2.35. The summed E-state index contributed by atoms with van der Waals surface area (Å²) in [6, 6.07) is 3.59. The predicted molar refractivity (Wildman–Crippen MR) is 75.6 cm³/mol. The maximum Gasteiger partial charge on any atom is 0.316 e. The van der Waals surface area contributed by atoms with Crippen molar-refractivity contribution in [3.63, 3.8) is 0 Å².